The Bertz CT molecular complexity index is 1400. The van der Waals surface area contributed by atoms with Gasteiger partial charge in [-0.05, 0) is 67.6 Å². The number of aryl methyl sites for hydroxylation is 1. The fourth-order valence-corrected chi connectivity index (χ4v) is 5.67. The zero-order chi connectivity index (χ0) is 30.0. The van der Waals surface area contributed by atoms with Gasteiger partial charge in [-0.15, -0.1) is 0 Å². The molecular formula is C32H40ClN3O4S. The first kappa shape index (κ1) is 32.2. The smallest absolute Gasteiger partial charge is 0.243 e. The number of rotatable bonds is 14. The van der Waals surface area contributed by atoms with Gasteiger partial charge in [-0.3, -0.25) is 13.9 Å². The predicted octanol–water partition coefficient (Wildman–Crippen LogP) is 5.75. The number of hydrogen-bond acceptors (Lipinski definition) is 4. The molecule has 0 bridgehead atoms. The van der Waals surface area contributed by atoms with Gasteiger partial charge >= 0.3 is 0 Å². The van der Waals surface area contributed by atoms with E-state index in [0.29, 0.717) is 17.1 Å². The Hall–Kier alpha value is -3.36. The maximum atomic E-state index is 13.9. The molecule has 0 saturated heterocycles. The summed E-state index contributed by atoms with van der Waals surface area (Å²) >= 11 is 5.99. The summed E-state index contributed by atoms with van der Waals surface area (Å²) in [6.07, 6.45) is 2.63. The van der Waals surface area contributed by atoms with Crippen molar-refractivity contribution in [3.05, 3.63) is 101 Å². The lowest BCUT2D eigenvalue weighted by atomic mass is 10.0. The summed E-state index contributed by atoms with van der Waals surface area (Å²) in [5.74, 6) is -0.415. The van der Waals surface area contributed by atoms with Gasteiger partial charge in [-0.25, -0.2) is 8.42 Å². The summed E-state index contributed by atoms with van der Waals surface area (Å²) in [6, 6.07) is 23.3. The molecule has 0 saturated carbocycles. The minimum absolute atomic E-state index is 0.0427. The molecule has 0 aromatic heterocycles. The van der Waals surface area contributed by atoms with Crippen LogP contribution >= 0.6 is 11.6 Å². The van der Waals surface area contributed by atoms with Crippen LogP contribution in [0.25, 0.3) is 0 Å². The van der Waals surface area contributed by atoms with Gasteiger partial charge in [0.15, 0.2) is 0 Å². The van der Waals surface area contributed by atoms with E-state index in [0.717, 1.165) is 29.4 Å². The number of nitrogens with one attached hydrogen (secondary N) is 1. The molecule has 0 aliphatic carbocycles. The van der Waals surface area contributed by atoms with Gasteiger partial charge in [0.25, 0.3) is 0 Å². The number of carbonyl (C=O) groups is 2. The number of benzene rings is 3. The maximum Gasteiger partial charge on any atom is 0.243 e. The molecule has 0 unspecified atom stereocenters. The summed E-state index contributed by atoms with van der Waals surface area (Å²) < 4.78 is 26.4. The van der Waals surface area contributed by atoms with E-state index in [2.05, 4.69) is 5.32 Å². The second-order valence-corrected chi connectivity index (χ2v) is 12.7. The number of halogens is 1. The Morgan fingerprint density at radius 3 is 2.20 bits per heavy atom. The molecule has 3 rings (SSSR count). The van der Waals surface area contributed by atoms with E-state index in [1.165, 1.54) is 4.31 Å². The van der Waals surface area contributed by atoms with Crippen LogP contribution in [0.4, 0.5) is 5.69 Å². The second kappa shape index (κ2) is 15.0. The maximum absolute atomic E-state index is 13.9. The van der Waals surface area contributed by atoms with Gasteiger partial charge in [-0.2, -0.15) is 0 Å². The van der Waals surface area contributed by atoms with Crippen molar-refractivity contribution in [2.24, 2.45) is 0 Å². The molecule has 220 valence electrons. The number of amides is 2. The molecule has 0 fully saturated rings. The molecule has 7 nitrogen and oxygen atoms in total. The first-order valence-corrected chi connectivity index (χ1v) is 16.1. The van der Waals surface area contributed by atoms with Crippen molar-refractivity contribution in [1.29, 1.82) is 0 Å². The van der Waals surface area contributed by atoms with Crippen LogP contribution in [-0.2, 0) is 32.6 Å². The molecule has 41 heavy (non-hydrogen) atoms. The van der Waals surface area contributed by atoms with Crippen LogP contribution in [0, 0.1) is 6.92 Å². The van der Waals surface area contributed by atoms with Crippen LogP contribution < -0.4 is 9.62 Å². The zero-order valence-corrected chi connectivity index (χ0v) is 25.8. The average molecular weight is 598 g/mol. The van der Waals surface area contributed by atoms with Gasteiger partial charge in [0.2, 0.25) is 21.8 Å². The predicted molar refractivity (Wildman–Crippen MR) is 166 cm³/mol. The Balaban J connectivity index is 1.89. The van der Waals surface area contributed by atoms with Crippen LogP contribution in [0.3, 0.4) is 0 Å². The highest BCUT2D eigenvalue weighted by Gasteiger charge is 2.31. The molecule has 0 heterocycles. The highest BCUT2D eigenvalue weighted by molar-refractivity contribution is 7.92. The van der Waals surface area contributed by atoms with Crippen molar-refractivity contribution >= 4 is 39.1 Å². The minimum Gasteiger partial charge on any atom is -0.352 e. The van der Waals surface area contributed by atoms with Gasteiger partial charge in [-0.1, -0.05) is 73.1 Å². The summed E-state index contributed by atoms with van der Waals surface area (Å²) in [6.45, 7) is 6.32. The van der Waals surface area contributed by atoms with Crippen LogP contribution in [-0.4, -0.2) is 50.0 Å². The molecule has 2 atom stereocenters. The molecule has 0 radical (unpaired) electrons. The monoisotopic (exact) mass is 597 g/mol. The fraction of sp³-hybridized carbons (Fsp3) is 0.375. The van der Waals surface area contributed by atoms with Gasteiger partial charge in [0, 0.05) is 37.0 Å². The molecular weight excluding hydrogens is 558 g/mol. The molecule has 1 N–H and O–H groups in total. The SMILES string of the molecule is CC[C@@H](C)NC(=O)[C@@H](Cc1ccccc1)N(Cc1ccccc1C)C(=O)CCCN(c1ccc(Cl)cc1)S(C)(=O)=O. The highest BCUT2D eigenvalue weighted by atomic mass is 35.5. The standard InChI is InChI=1S/C32H40ClN3O4S/c1-5-25(3)34-32(38)30(22-26-13-7-6-8-14-26)35(23-27-15-10-9-12-24(27)2)31(37)16-11-21-36(41(4,39)40)29-19-17-28(33)18-20-29/h6-10,12-15,17-20,25,30H,5,11,16,21-23H2,1-4H3,(H,34,38)/t25-,30-/m1/s1. The van der Waals surface area contributed by atoms with E-state index in [1.54, 1.807) is 29.2 Å². The van der Waals surface area contributed by atoms with E-state index in [9.17, 15) is 18.0 Å². The first-order chi connectivity index (χ1) is 19.5. The lowest BCUT2D eigenvalue weighted by Gasteiger charge is -2.33. The van der Waals surface area contributed by atoms with Gasteiger partial charge < -0.3 is 10.2 Å². The minimum atomic E-state index is -3.59. The number of nitrogens with zero attached hydrogens (tertiary/aromatic N) is 2. The fourth-order valence-electron chi connectivity index (χ4n) is 4.58. The Labute approximate surface area is 249 Å². The molecule has 0 aliphatic heterocycles. The lowest BCUT2D eigenvalue weighted by molar-refractivity contribution is -0.141. The molecule has 9 heteroatoms. The quantitative estimate of drug-likeness (QED) is 0.256. The van der Waals surface area contributed by atoms with Crippen molar-refractivity contribution in [2.45, 2.75) is 65.1 Å². The third-order valence-electron chi connectivity index (χ3n) is 7.14. The van der Waals surface area contributed by atoms with Crippen molar-refractivity contribution in [3.63, 3.8) is 0 Å². The number of anilines is 1. The van der Waals surface area contributed by atoms with Crippen LogP contribution in [0.1, 0.15) is 49.8 Å². The van der Waals surface area contributed by atoms with Crippen molar-refractivity contribution in [3.8, 4) is 0 Å². The molecule has 0 aliphatic rings. The summed E-state index contributed by atoms with van der Waals surface area (Å²) in [5, 5.41) is 3.58. The summed E-state index contributed by atoms with van der Waals surface area (Å²) in [4.78, 5) is 29.2. The van der Waals surface area contributed by atoms with E-state index in [4.69, 9.17) is 11.6 Å². The Kier molecular flexibility index (Phi) is 11.8. The molecule has 3 aromatic rings. The van der Waals surface area contributed by atoms with E-state index in [-0.39, 0.29) is 43.8 Å². The lowest BCUT2D eigenvalue weighted by Crippen LogP contribution is -2.52. The number of hydrogen-bond donors (Lipinski definition) is 1. The van der Waals surface area contributed by atoms with E-state index < -0.39 is 16.1 Å². The zero-order valence-electron chi connectivity index (χ0n) is 24.2. The molecule has 2 amide bonds. The van der Waals surface area contributed by atoms with Crippen LogP contribution in [0.15, 0.2) is 78.9 Å². The molecule has 3 aromatic carbocycles. The van der Waals surface area contributed by atoms with Crippen molar-refractivity contribution in [1.82, 2.24) is 10.2 Å². The third-order valence-corrected chi connectivity index (χ3v) is 8.59. The molecule has 0 spiro atoms. The number of carbonyl (C=O) groups excluding carboxylic acids is 2. The Morgan fingerprint density at radius 2 is 1.59 bits per heavy atom. The first-order valence-electron chi connectivity index (χ1n) is 13.9. The average Bonchev–Trinajstić information content (AvgIpc) is 2.94. The van der Waals surface area contributed by atoms with Crippen molar-refractivity contribution < 1.29 is 18.0 Å². The summed E-state index contributed by atoms with van der Waals surface area (Å²) in [5.41, 5.74) is 3.41. The van der Waals surface area contributed by atoms with Gasteiger partial charge in [0.05, 0.1) is 11.9 Å². The Morgan fingerprint density at radius 1 is 0.951 bits per heavy atom. The largest absolute Gasteiger partial charge is 0.352 e. The topological polar surface area (TPSA) is 86.8 Å². The number of sulfonamides is 1. The summed E-state index contributed by atoms with van der Waals surface area (Å²) in [7, 11) is -3.59. The third kappa shape index (κ3) is 9.61. The normalized spacial score (nSPS) is 12.8. The van der Waals surface area contributed by atoms with Crippen molar-refractivity contribution in [2.75, 3.05) is 17.1 Å². The van der Waals surface area contributed by atoms with Crippen LogP contribution in [0.5, 0.6) is 0 Å². The highest BCUT2D eigenvalue weighted by Crippen LogP contribution is 2.22. The van der Waals surface area contributed by atoms with Crippen LogP contribution in [0.2, 0.25) is 5.02 Å². The van der Waals surface area contributed by atoms with E-state index >= 15 is 0 Å². The second-order valence-electron chi connectivity index (χ2n) is 10.4. The van der Waals surface area contributed by atoms with E-state index in [1.807, 2.05) is 75.4 Å². The van der Waals surface area contributed by atoms with Gasteiger partial charge in [0.1, 0.15) is 6.04 Å².